The predicted octanol–water partition coefficient (Wildman–Crippen LogP) is 4.87. The van der Waals surface area contributed by atoms with Gasteiger partial charge in [0.05, 0.1) is 0 Å². The van der Waals surface area contributed by atoms with E-state index in [1.807, 2.05) is 24.3 Å². The van der Waals surface area contributed by atoms with Crippen molar-refractivity contribution in [3.63, 3.8) is 0 Å². The molecule has 124 valence electrons. The Bertz CT molecular complexity index is 937. The molecule has 0 amide bonds. The number of hydrogen-bond donors (Lipinski definition) is 1. The smallest absolute Gasteiger partial charge is 0.328 e. The van der Waals surface area contributed by atoms with E-state index in [-0.39, 0.29) is 0 Å². The summed E-state index contributed by atoms with van der Waals surface area (Å²) in [4.78, 5) is 11.1. The van der Waals surface area contributed by atoms with Crippen LogP contribution in [0.2, 0.25) is 0 Å². The molecule has 0 fully saturated rings. The number of carboxylic acids is 1. The molecule has 0 saturated carbocycles. The number of carboxylic acid groups (broad SMARTS) is 1. The number of hydrogen-bond acceptors (Lipinski definition) is 1. The van der Waals surface area contributed by atoms with Gasteiger partial charge in [-0.2, -0.15) is 0 Å². The summed E-state index contributed by atoms with van der Waals surface area (Å²) in [5.41, 5.74) is 6.94. The molecule has 2 aromatic carbocycles. The second-order valence-electron chi connectivity index (χ2n) is 6.24. The van der Waals surface area contributed by atoms with Crippen molar-refractivity contribution in [2.45, 2.75) is 19.4 Å². The summed E-state index contributed by atoms with van der Waals surface area (Å²) in [6, 6.07) is 20.6. The maximum atomic E-state index is 11.1. The van der Waals surface area contributed by atoms with E-state index in [0.717, 1.165) is 36.2 Å². The van der Waals surface area contributed by atoms with Gasteiger partial charge in [0, 0.05) is 35.1 Å². The van der Waals surface area contributed by atoms with Gasteiger partial charge in [0.25, 0.3) is 0 Å². The highest BCUT2D eigenvalue weighted by atomic mass is 16.4. The van der Waals surface area contributed by atoms with E-state index in [0.29, 0.717) is 0 Å². The fourth-order valence-electron chi connectivity index (χ4n) is 3.74. The second-order valence-corrected chi connectivity index (χ2v) is 6.24. The quantitative estimate of drug-likeness (QED) is 0.694. The third kappa shape index (κ3) is 2.78. The maximum Gasteiger partial charge on any atom is 0.328 e. The van der Waals surface area contributed by atoms with E-state index in [1.54, 1.807) is 6.08 Å². The number of nitrogens with zero attached hydrogens (tertiary/aromatic N) is 1. The molecule has 4 rings (SSSR count). The molecule has 0 unspecified atom stereocenters. The topological polar surface area (TPSA) is 42.2 Å². The Labute approximate surface area is 146 Å². The van der Waals surface area contributed by atoms with E-state index < -0.39 is 5.97 Å². The summed E-state index contributed by atoms with van der Waals surface area (Å²) in [5, 5.41) is 9.11. The number of fused-ring (bicyclic) bond motifs is 1. The van der Waals surface area contributed by atoms with Crippen LogP contribution in [0.15, 0.2) is 66.7 Å². The Morgan fingerprint density at radius 2 is 1.52 bits per heavy atom. The fourth-order valence-corrected chi connectivity index (χ4v) is 3.74. The normalized spacial score (nSPS) is 13.3. The Morgan fingerprint density at radius 1 is 0.920 bits per heavy atom. The van der Waals surface area contributed by atoms with E-state index in [2.05, 4.69) is 41.0 Å². The van der Waals surface area contributed by atoms with Crippen LogP contribution in [0, 0.1) is 0 Å². The van der Waals surface area contributed by atoms with Gasteiger partial charge in [0.1, 0.15) is 0 Å². The summed E-state index contributed by atoms with van der Waals surface area (Å²) in [6.07, 6.45) is 5.09. The van der Waals surface area contributed by atoms with Crippen molar-refractivity contribution in [1.82, 2.24) is 4.57 Å². The van der Waals surface area contributed by atoms with E-state index in [9.17, 15) is 4.79 Å². The minimum absolute atomic E-state index is 0.922. The highest BCUT2D eigenvalue weighted by Gasteiger charge is 2.26. The van der Waals surface area contributed by atoms with Crippen LogP contribution in [0.3, 0.4) is 0 Å². The molecule has 0 saturated heterocycles. The van der Waals surface area contributed by atoms with Crippen molar-refractivity contribution < 1.29 is 9.90 Å². The van der Waals surface area contributed by atoms with Gasteiger partial charge in [-0.15, -0.1) is 0 Å². The largest absolute Gasteiger partial charge is 0.478 e. The number of aromatic nitrogens is 1. The molecule has 0 aliphatic carbocycles. The predicted molar refractivity (Wildman–Crippen MR) is 100 cm³/mol. The molecule has 2 heterocycles. The summed E-state index contributed by atoms with van der Waals surface area (Å²) in [6.45, 7) is 0.932. The number of benzene rings is 2. The second kappa shape index (κ2) is 6.44. The zero-order chi connectivity index (χ0) is 17.2. The van der Waals surface area contributed by atoms with Crippen molar-refractivity contribution in [2.75, 3.05) is 0 Å². The zero-order valence-electron chi connectivity index (χ0n) is 13.9. The Hall–Kier alpha value is -3.07. The average Bonchev–Trinajstić information content (AvgIpc) is 3.22. The SMILES string of the molecule is O=C(O)C=Cc1c(-c2ccccc2)c(-c2ccccc2)c2n1CCC2. The highest BCUT2D eigenvalue weighted by molar-refractivity contribution is 5.94. The minimum Gasteiger partial charge on any atom is -0.478 e. The van der Waals surface area contributed by atoms with E-state index >= 15 is 0 Å². The van der Waals surface area contributed by atoms with Gasteiger partial charge in [-0.3, -0.25) is 0 Å². The molecule has 0 radical (unpaired) electrons. The number of aliphatic carboxylic acids is 1. The summed E-state index contributed by atoms with van der Waals surface area (Å²) < 4.78 is 2.28. The number of rotatable bonds is 4. The molecule has 3 nitrogen and oxygen atoms in total. The first-order chi connectivity index (χ1) is 12.3. The molecule has 1 N–H and O–H groups in total. The lowest BCUT2D eigenvalue weighted by Gasteiger charge is -2.09. The molecule has 1 aromatic heterocycles. The van der Waals surface area contributed by atoms with Gasteiger partial charge in [-0.25, -0.2) is 4.79 Å². The van der Waals surface area contributed by atoms with Crippen LogP contribution in [0.4, 0.5) is 0 Å². The lowest BCUT2D eigenvalue weighted by Crippen LogP contribution is -1.96. The molecule has 0 atom stereocenters. The van der Waals surface area contributed by atoms with Crippen LogP contribution in [-0.2, 0) is 17.8 Å². The van der Waals surface area contributed by atoms with Crippen molar-refractivity contribution in [3.05, 3.63) is 78.1 Å². The Balaban J connectivity index is 2.03. The van der Waals surface area contributed by atoms with Crippen molar-refractivity contribution >= 4 is 12.0 Å². The van der Waals surface area contributed by atoms with Gasteiger partial charge in [-0.05, 0) is 30.0 Å². The lowest BCUT2D eigenvalue weighted by molar-refractivity contribution is -0.131. The van der Waals surface area contributed by atoms with Crippen molar-refractivity contribution in [3.8, 4) is 22.3 Å². The monoisotopic (exact) mass is 329 g/mol. The Morgan fingerprint density at radius 3 is 2.12 bits per heavy atom. The van der Waals surface area contributed by atoms with Crippen LogP contribution < -0.4 is 0 Å². The Kier molecular flexibility index (Phi) is 3.98. The van der Waals surface area contributed by atoms with Crippen molar-refractivity contribution in [2.24, 2.45) is 0 Å². The maximum absolute atomic E-state index is 11.1. The van der Waals surface area contributed by atoms with Gasteiger partial charge >= 0.3 is 5.97 Å². The van der Waals surface area contributed by atoms with E-state index in [1.165, 1.54) is 22.9 Å². The van der Waals surface area contributed by atoms with E-state index in [4.69, 9.17) is 5.11 Å². The molecule has 1 aliphatic rings. The van der Waals surface area contributed by atoms with Crippen LogP contribution in [0.25, 0.3) is 28.3 Å². The molecule has 3 heteroatoms. The van der Waals surface area contributed by atoms with Gasteiger partial charge < -0.3 is 9.67 Å². The van der Waals surface area contributed by atoms with Crippen LogP contribution in [-0.4, -0.2) is 15.6 Å². The van der Waals surface area contributed by atoms with Crippen molar-refractivity contribution in [1.29, 1.82) is 0 Å². The minimum atomic E-state index is -0.922. The summed E-state index contributed by atoms with van der Waals surface area (Å²) >= 11 is 0. The van der Waals surface area contributed by atoms with Gasteiger partial charge in [0.2, 0.25) is 0 Å². The third-order valence-electron chi connectivity index (χ3n) is 4.72. The van der Waals surface area contributed by atoms with Crippen LogP contribution in [0.1, 0.15) is 17.8 Å². The first-order valence-electron chi connectivity index (χ1n) is 8.53. The number of carbonyl (C=O) groups is 1. The molecule has 3 aromatic rings. The third-order valence-corrected chi connectivity index (χ3v) is 4.72. The molecule has 25 heavy (non-hydrogen) atoms. The standard InChI is InChI=1S/C22H19NO2/c24-20(25)14-13-19-22(17-10-5-2-6-11-17)21(16-8-3-1-4-9-16)18-12-7-15-23(18)19/h1-6,8-11,13-14H,7,12,15H2,(H,24,25). The summed E-state index contributed by atoms with van der Waals surface area (Å²) in [5.74, 6) is -0.922. The first-order valence-corrected chi connectivity index (χ1v) is 8.53. The highest BCUT2D eigenvalue weighted by Crippen LogP contribution is 2.43. The molecule has 0 bridgehead atoms. The average molecular weight is 329 g/mol. The van der Waals surface area contributed by atoms with Gasteiger partial charge in [0.15, 0.2) is 0 Å². The molecule has 0 spiro atoms. The molecular formula is C22H19NO2. The molecule has 1 aliphatic heterocycles. The van der Waals surface area contributed by atoms with Crippen LogP contribution >= 0.6 is 0 Å². The van der Waals surface area contributed by atoms with Gasteiger partial charge in [-0.1, -0.05) is 60.7 Å². The van der Waals surface area contributed by atoms with Crippen LogP contribution in [0.5, 0.6) is 0 Å². The first kappa shape index (κ1) is 15.5. The summed E-state index contributed by atoms with van der Waals surface area (Å²) in [7, 11) is 0. The fraction of sp³-hybridized carbons (Fsp3) is 0.136. The lowest BCUT2D eigenvalue weighted by atomic mass is 9.93. The zero-order valence-corrected chi connectivity index (χ0v) is 13.9. The molecular weight excluding hydrogens is 310 g/mol.